The van der Waals surface area contributed by atoms with Crippen molar-refractivity contribution in [1.82, 2.24) is 10.6 Å². The number of hydrogen-bond acceptors (Lipinski definition) is 6. The molecule has 0 aromatic rings. The van der Waals surface area contributed by atoms with Crippen molar-refractivity contribution in [3.05, 3.63) is 0 Å². The quantitative estimate of drug-likeness (QED) is 0.432. The van der Waals surface area contributed by atoms with Crippen LogP contribution >= 0.6 is 24.8 Å². The van der Waals surface area contributed by atoms with Crippen molar-refractivity contribution >= 4 is 36.8 Å². The van der Waals surface area contributed by atoms with E-state index in [0.717, 1.165) is 0 Å². The van der Waals surface area contributed by atoms with Gasteiger partial charge in [-0.3, -0.25) is 9.59 Å². The molecule has 0 spiro atoms. The van der Waals surface area contributed by atoms with Crippen LogP contribution in [0.1, 0.15) is 39.5 Å². The number of carbonyl (C=O) groups excluding carboxylic acids is 2. The lowest BCUT2D eigenvalue weighted by molar-refractivity contribution is -0.186. The molecule has 0 aromatic heterocycles. The van der Waals surface area contributed by atoms with Crippen LogP contribution in [0.5, 0.6) is 0 Å². The Balaban J connectivity index is 0. The monoisotopic (exact) mass is 522 g/mol. The van der Waals surface area contributed by atoms with Crippen molar-refractivity contribution in [3.63, 3.8) is 0 Å². The molecule has 0 unspecified atom stereocenters. The molecule has 2 N–H and O–H groups in total. The number of carbonyl (C=O) groups is 2. The molecule has 0 aliphatic carbocycles. The number of halogens is 8. The van der Waals surface area contributed by atoms with Gasteiger partial charge in [-0.15, -0.1) is 24.8 Å². The van der Waals surface area contributed by atoms with Gasteiger partial charge in [0.1, 0.15) is 12.1 Å². The molecule has 0 radical (unpaired) electrons. The SMILES string of the molecule is CCOC(=O)[C@@H]1C[C@H](C(F)(F)F)CCN1.CCOC(=O)[C@H]1C[C@@H](C(F)(F)F)CCN1.Cl.Cl. The average Bonchev–Trinajstić information content (AvgIpc) is 2.68. The van der Waals surface area contributed by atoms with Crippen LogP contribution in [0.25, 0.3) is 0 Å². The van der Waals surface area contributed by atoms with Crippen molar-refractivity contribution in [2.45, 2.75) is 64.0 Å². The molecule has 2 heterocycles. The van der Waals surface area contributed by atoms with E-state index in [2.05, 4.69) is 20.1 Å². The third kappa shape index (κ3) is 11.2. The molecule has 14 heteroatoms. The predicted molar refractivity (Wildman–Crippen MR) is 109 cm³/mol. The molecule has 2 aliphatic rings. The van der Waals surface area contributed by atoms with E-state index in [-0.39, 0.29) is 76.8 Å². The summed E-state index contributed by atoms with van der Waals surface area (Å²) in [6.45, 7) is 4.03. The number of hydrogen-bond donors (Lipinski definition) is 2. The molecule has 0 bridgehead atoms. The zero-order valence-corrected chi connectivity index (χ0v) is 19.3. The third-order valence-electron chi connectivity index (χ3n) is 4.88. The summed E-state index contributed by atoms with van der Waals surface area (Å²) in [4.78, 5) is 22.4. The smallest absolute Gasteiger partial charge is 0.391 e. The highest BCUT2D eigenvalue weighted by Gasteiger charge is 2.44. The highest BCUT2D eigenvalue weighted by Crippen LogP contribution is 2.35. The first-order chi connectivity index (χ1) is 13.9. The standard InChI is InChI=1S/2C9H14F3NO2.2ClH/c2*1-2-15-8(14)7-5-6(3-4-13-7)9(10,11)12;;/h2*6-7,13H,2-5H2,1H3;2*1H/t2*6-,7+;;/m10../s1. The van der Waals surface area contributed by atoms with E-state index in [9.17, 15) is 35.9 Å². The highest BCUT2D eigenvalue weighted by atomic mass is 35.5. The summed E-state index contributed by atoms with van der Waals surface area (Å²) in [5, 5.41) is 5.46. The lowest BCUT2D eigenvalue weighted by Gasteiger charge is -2.30. The zero-order chi connectivity index (χ0) is 22.9. The highest BCUT2D eigenvalue weighted by molar-refractivity contribution is 5.85. The largest absolute Gasteiger partial charge is 0.465 e. The minimum Gasteiger partial charge on any atom is -0.465 e. The summed E-state index contributed by atoms with van der Waals surface area (Å²) in [6.07, 6.45) is -8.82. The van der Waals surface area contributed by atoms with Gasteiger partial charge in [-0.25, -0.2) is 0 Å². The van der Waals surface area contributed by atoms with Crippen molar-refractivity contribution in [2.75, 3.05) is 26.3 Å². The van der Waals surface area contributed by atoms with E-state index < -0.39 is 48.2 Å². The Bertz CT molecular complexity index is 519. The van der Waals surface area contributed by atoms with Crippen LogP contribution < -0.4 is 10.6 Å². The van der Waals surface area contributed by atoms with Crippen LogP contribution in [0.15, 0.2) is 0 Å². The molecular weight excluding hydrogens is 493 g/mol. The third-order valence-corrected chi connectivity index (χ3v) is 4.88. The van der Waals surface area contributed by atoms with E-state index in [1.54, 1.807) is 13.8 Å². The first-order valence-corrected chi connectivity index (χ1v) is 9.83. The van der Waals surface area contributed by atoms with E-state index >= 15 is 0 Å². The van der Waals surface area contributed by atoms with Crippen LogP contribution in [0.2, 0.25) is 0 Å². The first kappa shape index (κ1) is 33.2. The van der Waals surface area contributed by atoms with E-state index in [0.29, 0.717) is 0 Å². The van der Waals surface area contributed by atoms with Crippen LogP contribution in [0, 0.1) is 11.8 Å². The molecule has 0 aromatic carbocycles. The van der Waals surface area contributed by atoms with E-state index in [1.807, 2.05) is 0 Å². The number of nitrogens with one attached hydrogen (secondary N) is 2. The van der Waals surface area contributed by atoms with Gasteiger partial charge in [0.05, 0.1) is 25.0 Å². The summed E-state index contributed by atoms with van der Waals surface area (Å²) < 4.78 is 83.7. The summed E-state index contributed by atoms with van der Waals surface area (Å²) in [5.41, 5.74) is 0. The molecule has 0 amide bonds. The summed E-state index contributed by atoms with van der Waals surface area (Å²) in [5.74, 6) is -3.97. The van der Waals surface area contributed by atoms with Crippen molar-refractivity contribution < 1.29 is 45.4 Å². The molecule has 2 fully saturated rings. The Hall–Kier alpha value is -0.980. The molecule has 2 rings (SSSR count). The summed E-state index contributed by atoms with van der Waals surface area (Å²) >= 11 is 0. The van der Waals surface area contributed by atoms with Crippen molar-refractivity contribution in [3.8, 4) is 0 Å². The number of piperidine rings is 2. The Morgan fingerprint density at radius 3 is 1.31 bits per heavy atom. The fraction of sp³-hybridized carbons (Fsp3) is 0.889. The number of alkyl halides is 6. The fourth-order valence-corrected chi connectivity index (χ4v) is 3.27. The Morgan fingerprint density at radius 1 is 0.750 bits per heavy atom. The van der Waals surface area contributed by atoms with Gasteiger partial charge >= 0.3 is 24.3 Å². The lowest BCUT2D eigenvalue weighted by atomic mass is 9.92. The van der Waals surface area contributed by atoms with Crippen LogP contribution in [-0.4, -0.2) is 62.7 Å². The Kier molecular flexibility index (Phi) is 15.6. The van der Waals surface area contributed by atoms with E-state index in [4.69, 9.17) is 0 Å². The van der Waals surface area contributed by atoms with Gasteiger partial charge in [-0.2, -0.15) is 26.3 Å². The van der Waals surface area contributed by atoms with Crippen LogP contribution in [0.3, 0.4) is 0 Å². The van der Waals surface area contributed by atoms with Crippen molar-refractivity contribution in [2.24, 2.45) is 11.8 Å². The molecule has 4 atom stereocenters. The summed E-state index contributed by atoms with van der Waals surface area (Å²) in [6, 6.07) is -1.63. The molecule has 2 aliphatic heterocycles. The van der Waals surface area contributed by atoms with Gasteiger partial charge < -0.3 is 20.1 Å². The Morgan fingerprint density at radius 2 is 1.06 bits per heavy atom. The van der Waals surface area contributed by atoms with E-state index in [1.165, 1.54) is 0 Å². The minimum absolute atomic E-state index is 0. The predicted octanol–water partition coefficient (Wildman–Crippen LogP) is 3.80. The number of ether oxygens (including phenoxy) is 2. The molecule has 192 valence electrons. The number of rotatable bonds is 4. The second-order valence-corrected chi connectivity index (χ2v) is 7.04. The Labute approximate surface area is 195 Å². The van der Waals surface area contributed by atoms with Gasteiger partial charge in [0, 0.05) is 0 Å². The van der Waals surface area contributed by atoms with Crippen LogP contribution in [-0.2, 0) is 19.1 Å². The summed E-state index contributed by atoms with van der Waals surface area (Å²) in [7, 11) is 0. The molecule has 6 nitrogen and oxygen atoms in total. The minimum atomic E-state index is -4.22. The topological polar surface area (TPSA) is 76.7 Å². The van der Waals surface area contributed by atoms with Gasteiger partial charge in [-0.1, -0.05) is 0 Å². The maximum absolute atomic E-state index is 12.4. The maximum Gasteiger partial charge on any atom is 0.391 e. The molecular formula is C18H30Cl2F6N2O4. The van der Waals surface area contributed by atoms with Gasteiger partial charge in [0.15, 0.2) is 0 Å². The lowest BCUT2D eigenvalue weighted by Crippen LogP contribution is -2.47. The second-order valence-electron chi connectivity index (χ2n) is 7.04. The molecule has 0 saturated carbocycles. The van der Waals surface area contributed by atoms with Crippen molar-refractivity contribution in [1.29, 1.82) is 0 Å². The van der Waals surface area contributed by atoms with Gasteiger partial charge in [0.25, 0.3) is 0 Å². The normalized spacial score (nSPS) is 25.8. The van der Waals surface area contributed by atoms with Crippen LogP contribution in [0.4, 0.5) is 26.3 Å². The molecule has 32 heavy (non-hydrogen) atoms. The zero-order valence-electron chi connectivity index (χ0n) is 17.7. The number of esters is 2. The first-order valence-electron chi connectivity index (χ1n) is 9.83. The fourth-order valence-electron chi connectivity index (χ4n) is 3.27. The molecule has 2 saturated heterocycles. The van der Waals surface area contributed by atoms with Gasteiger partial charge in [0.2, 0.25) is 0 Å². The maximum atomic E-state index is 12.4. The van der Waals surface area contributed by atoms with Gasteiger partial charge in [-0.05, 0) is 52.6 Å². The second kappa shape index (κ2) is 15.0. The average molecular weight is 523 g/mol.